The Hall–Kier alpha value is -2.15. The number of rotatable bonds is 4. The first-order chi connectivity index (χ1) is 7.81. The summed E-state index contributed by atoms with van der Waals surface area (Å²) in [6.45, 7) is 0.975. The van der Waals surface area contributed by atoms with Gasteiger partial charge in [0.2, 0.25) is 5.78 Å². The van der Waals surface area contributed by atoms with Gasteiger partial charge in [0.15, 0.2) is 5.69 Å². The first-order valence-electron chi connectivity index (χ1n) is 4.72. The van der Waals surface area contributed by atoms with Gasteiger partial charge >= 0.3 is 0 Å². The molecule has 16 heavy (non-hydrogen) atoms. The van der Waals surface area contributed by atoms with E-state index in [1.807, 2.05) is 0 Å². The zero-order valence-electron chi connectivity index (χ0n) is 8.45. The average molecular weight is 218 g/mol. The summed E-state index contributed by atoms with van der Waals surface area (Å²) in [5.74, 6) is -0.295. The minimum absolute atomic E-state index is 0.244. The van der Waals surface area contributed by atoms with Crippen molar-refractivity contribution in [2.75, 3.05) is 6.54 Å². The minimum atomic E-state index is -0.295. The van der Waals surface area contributed by atoms with E-state index in [4.69, 9.17) is 5.73 Å². The molecule has 2 heterocycles. The van der Waals surface area contributed by atoms with E-state index in [9.17, 15) is 4.79 Å². The monoisotopic (exact) mass is 218 g/mol. The van der Waals surface area contributed by atoms with E-state index in [1.165, 1.54) is 23.3 Å². The molecule has 0 radical (unpaired) electrons. The summed E-state index contributed by atoms with van der Waals surface area (Å²) in [7, 11) is 0. The Morgan fingerprint density at radius 2 is 2.25 bits per heavy atom. The zero-order chi connectivity index (χ0) is 11.4. The van der Waals surface area contributed by atoms with Gasteiger partial charge in [0.05, 0.1) is 18.9 Å². The van der Waals surface area contributed by atoms with Crippen LogP contribution in [0.15, 0.2) is 24.8 Å². The van der Waals surface area contributed by atoms with E-state index >= 15 is 0 Å². The van der Waals surface area contributed by atoms with Gasteiger partial charge in [-0.15, -0.1) is 5.10 Å². The number of hydrogen-bond acceptors (Lipinski definition) is 6. The maximum Gasteiger partial charge on any atom is 0.234 e. The highest BCUT2D eigenvalue weighted by Crippen LogP contribution is 2.02. The van der Waals surface area contributed by atoms with Crippen molar-refractivity contribution < 1.29 is 4.79 Å². The average Bonchev–Trinajstić information content (AvgIpc) is 2.78. The molecule has 0 spiro atoms. The van der Waals surface area contributed by atoms with Crippen LogP contribution in [0.1, 0.15) is 16.2 Å². The van der Waals surface area contributed by atoms with Gasteiger partial charge in [-0.3, -0.25) is 14.5 Å². The first kappa shape index (κ1) is 10.4. The lowest BCUT2D eigenvalue weighted by Gasteiger charge is -1.94. The van der Waals surface area contributed by atoms with Crippen LogP contribution in [0.2, 0.25) is 0 Å². The van der Waals surface area contributed by atoms with Crippen LogP contribution in [-0.2, 0) is 6.54 Å². The van der Waals surface area contributed by atoms with Crippen LogP contribution in [0.4, 0.5) is 0 Å². The smallest absolute Gasteiger partial charge is 0.234 e. The maximum absolute atomic E-state index is 11.8. The number of carbonyl (C=O) groups excluding carboxylic acids is 1. The van der Waals surface area contributed by atoms with Crippen LogP contribution in [0, 0.1) is 0 Å². The Morgan fingerprint density at radius 3 is 2.94 bits per heavy atom. The molecule has 2 N–H and O–H groups in total. The van der Waals surface area contributed by atoms with Crippen molar-refractivity contribution in [1.82, 2.24) is 25.0 Å². The highest BCUT2D eigenvalue weighted by atomic mass is 16.1. The van der Waals surface area contributed by atoms with Crippen molar-refractivity contribution in [2.45, 2.75) is 6.54 Å². The fourth-order valence-electron chi connectivity index (χ4n) is 1.19. The lowest BCUT2D eigenvalue weighted by Crippen LogP contribution is -2.10. The quantitative estimate of drug-likeness (QED) is 0.678. The van der Waals surface area contributed by atoms with Crippen molar-refractivity contribution in [2.24, 2.45) is 5.73 Å². The molecule has 0 atom stereocenters. The number of nitrogens with two attached hydrogens (primary N) is 1. The van der Waals surface area contributed by atoms with E-state index < -0.39 is 0 Å². The third kappa shape index (κ3) is 2.09. The topological polar surface area (TPSA) is 99.6 Å². The second-order valence-electron chi connectivity index (χ2n) is 3.08. The molecule has 0 aromatic carbocycles. The standard InChI is InChI=1S/C9H10N6O/c10-1-4-15-6-8(13-14-15)9(16)7-5-11-2-3-12-7/h2-3,5-6H,1,4,10H2. The van der Waals surface area contributed by atoms with E-state index in [0.29, 0.717) is 13.1 Å². The molecular formula is C9H10N6O. The van der Waals surface area contributed by atoms with Crippen LogP contribution in [0.25, 0.3) is 0 Å². The predicted octanol–water partition coefficient (Wildman–Crippen LogP) is -0.742. The van der Waals surface area contributed by atoms with E-state index in [0.717, 1.165) is 0 Å². The van der Waals surface area contributed by atoms with Gasteiger partial charge in [-0.25, -0.2) is 4.98 Å². The highest BCUT2D eigenvalue weighted by molar-refractivity contribution is 6.05. The van der Waals surface area contributed by atoms with Crippen LogP contribution in [-0.4, -0.2) is 37.3 Å². The van der Waals surface area contributed by atoms with E-state index in [2.05, 4.69) is 20.3 Å². The normalized spacial score (nSPS) is 10.3. The molecule has 0 saturated heterocycles. The van der Waals surface area contributed by atoms with Crippen molar-refractivity contribution >= 4 is 5.78 Å². The van der Waals surface area contributed by atoms with Gasteiger partial charge in [0.25, 0.3) is 0 Å². The Kier molecular flexibility index (Phi) is 2.97. The molecule has 2 aromatic heterocycles. The van der Waals surface area contributed by atoms with Crippen molar-refractivity contribution in [3.63, 3.8) is 0 Å². The van der Waals surface area contributed by atoms with Crippen LogP contribution < -0.4 is 5.73 Å². The number of carbonyl (C=O) groups is 1. The van der Waals surface area contributed by atoms with Gasteiger partial charge in [0, 0.05) is 18.9 Å². The maximum atomic E-state index is 11.8. The van der Waals surface area contributed by atoms with Gasteiger partial charge in [0.1, 0.15) is 5.69 Å². The summed E-state index contributed by atoms with van der Waals surface area (Å²) in [5, 5.41) is 7.52. The molecule has 82 valence electrons. The van der Waals surface area contributed by atoms with Gasteiger partial charge in [-0.1, -0.05) is 5.21 Å². The van der Waals surface area contributed by atoms with Crippen LogP contribution >= 0.6 is 0 Å². The third-order valence-corrected chi connectivity index (χ3v) is 1.93. The molecule has 0 aliphatic heterocycles. The number of nitrogens with zero attached hydrogens (tertiary/aromatic N) is 5. The third-order valence-electron chi connectivity index (χ3n) is 1.93. The largest absolute Gasteiger partial charge is 0.329 e. The lowest BCUT2D eigenvalue weighted by molar-refractivity contribution is 0.102. The molecule has 7 nitrogen and oxygen atoms in total. The summed E-state index contributed by atoms with van der Waals surface area (Å²) in [5.41, 5.74) is 5.86. The second kappa shape index (κ2) is 4.58. The lowest BCUT2D eigenvalue weighted by atomic mass is 10.2. The highest BCUT2D eigenvalue weighted by Gasteiger charge is 2.14. The Labute approximate surface area is 91.3 Å². The van der Waals surface area contributed by atoms with E-state index in [1.54, 1.807) is 6.20 Å². The van der Waals surface area contributed by atoms with Gasteiger partial charge < -0.3 is 5.73 Å². The molecule has 0 saturated carbocycles. The van der Waals surface area contributed by atoms with Gasteiger partial charge in [-0.05, 0) is 0 Å². The molecule has 0 bridgehead atoms. The molecule has 0 fully saturated rings. The van der Waals surface area contributed by atoms with Crippen LogP contribution in [0.5, 0.6) is 0 Å². The van der Waals surface area contributed by atoms with Crippen molar-refractivity contribution in [3.8, 4) is 0 Å². The van der Waals surface area contributed by atoms with Gasteiger partial charge in [-0.2, -0.15) is 0 Å². The molecule has 2 rings (SSSR count). The Balaban J connectivity index is 2.21. The summed E-state index contributed by atoms with van der Waals surface area (Å²) < 4.78 is 1.52. The molecule has 0 aliphatic carbocycles. The summed E-state index contributed by atoms with van der Waals surface area (Å²) in [6, 6.07) is 0. The Morgan fingerprint density at radius 1 is 1.38 bits per heavy atom. The number of hydrogen-bond donors (Lipinski definition) is 1. The number of ketones is 1. The SMILES string of the molecule is NCCn1cc(C(=O)c2cnccn2)nn1. The molecular weight excluding hydrogens is 208 g/mol. The first-order valence-corrected chi connectivity index (χ1v) is 4.72. The predicted molar refractivity (Wildman–Crippen MR) is 54.5 cm³/mol. The fourth-order valence-corrected chi connectivity index (χ4v) is 1.19. The molecule has 7 heteroatoms. The molecule has 0 unspecified atom stereocenters. The molecule has 0 amide bonds. The second-order valence-corrected chi connectivity index (χ2v) is 3.08. The summed E-state index contributed by atoms with van der Waals surface area (Å²) in [6.07, 6.45) is 5.90. The minimum Gasteiger partial charge on any atom is -0.329 e. The van der Waals surface area contributed by atoms with Crippen molar-refractivity contribution in [3.05, 3.63) is 36.2 Å². The summed E-state index contributed by atoms with van der Waals surface area (Å²) >= 11 is 0. The number of aromatic nitrogens is 5. The molecule has 0 aliphatic rings. The Bertz CT molecular complexity index is 480. The molecule has 2 aromatic rings. The fraction of sp³-hybridized carbons (Fsp3) is 0.222. The zero-order valence-corrected chi connectivity index (χ0v) is 8.45. The summed E-state index contributed by atoms with van der Waals surface area (Å²) in [4.78, 5) is 19.5. The van der Waals surface area contributed by atoms with Crippen molar-refractivity contribution in [1.29, 1.82) is 0 Å². The van der Waals surface area contributed by atoms with E-state index in [-0.39, 0.29) is 17.2 Å². The van der Waals surface area contributed by atoms with Crippen LogP contribution in [0.3, 0.4) is 0 Å².